The second kappa shape index (κ2) is 6.40. The highest BCUT2D eigenvalue weighted by Gasteiger charge is 2.48. The molecule has 20 heavy (non-hydrogen) atoms. The molecule has 0 aromatic carbocycles. The van der Waals surface area contributed by atoms with Crippen molar-refractivity contribution >= 4 is 0 Å². The lowest BCUT2D eigenvalue weighted by Crippen LogP contribution is -2.35. The third kappa shape index (κ3) is 3.04. The maximum atomic E-state index is 5.72. The number of nitrogens with two attached hydrogens (primary N) is 1. The average Bonchev–Trinajstić information content (AvgIpc) is 3.21. The summed E-state index contributed by atoms with van der Waals surface area (Å²) in [4.78, 5) is 4.43. The van der Waals surface area contributed by atoms with Crippen molar-refractivity contribution in [2.45, 2.75) is 57.4 Å². The van der Waals surface area contributed by atoms with Crippen LogP contribution in [0.5, 0.6) is 0 Å². The monoisotopic (exact) mass is 273 g/mol. The van der Waals surface area contributed by atoms with Crippen LogP contribution >= 0.6 is 0 Å². The fraction of sp³-hybridized carbons (Fsp3) is 0.588. The summed E-state index contributed by atoms with van der Waals surface area (Å²) in [5.74, 6) is 0. The second-order valence-electron chi connectivity index (χ2n) is 5.90. The molecule has 1 unspecified atom stereocenters. The number of aryl methyl sites for hydroxylation is 1. The van der Waals surface area contributed by atoms with E-state index in [9.17, 15) is 0 Å². The predicted molar refractivity (Wildman–Crippen MR) is 84.5 cm³/mol. The third-order valence-corrected chi connectivity index (χ3v) is 4.38. The van der Waals surface area contributed by atoms with Gasteiger partial charge in [-0.05, 0) is 50.8 Å². The summed E-state index contributed by atoms with van der Waals surface area (Å²) >= 11 is 0. The number of hydrogen-bond acceptors (Lipinski definition) is 3. The van der Waals surface area contributed by atoms with Crippen LogP contribution in [-0.4, -0.2) is 17.6 Å². The molecular weight excluding hydrogens is 246 g/mol. The van der Waals surface area contributed by atoms with Crippen LogP contribution in [0.4, 0.5) is 0 Å². The van der Waals surface area contributed by atoms with E-state index in [2.05, 4.69) is 36.8 Å². The molecule has 1 heterocycles. The van der Waals surface area contributed by atoms with Gasteiger partial charge in [0.2, 0.25) is 0 Å². The summed E-state index contributed by atoms with van der Waals surface area (Å²) in [6.07, 6.45) is 7.54. The number of rotatable bonds is 8. The summed E-state index contributed by atoms with van der Waals surface area (Å²) in [6.45, 7) is 9.36. The Morgan fingerprint density at radius 1 is 1.50 bits per heavy atom. The van der Waals surface area contributed by atoms with Gasteiger partial charge < -0.3 is 11.1 Å². The van der Waals surface area contributed by atoms with Gasteiger partial charge in [0.25, 0.3) is 0 Å². The predicted octanol–water partition coefficient (Wildman–Crippen LogP) is 3.04. The van der Waals surface area contributed by atoms with Crippen LogP contribution in [-0.2, 0) is 5.41 Å². The normalized spacial score (nSPS) is 17.6. The Hall–Kier alpha value is -1.35. The standard InChI is InChI=1S/C17H27N3/c1-4-6-15(8-11-18)20-14(3)17(9-10-17)16-7-5-12-19-13(16)2/h5,7,12,15,20H,3-4,6,8-11,18H2,1-2H3. The summed E-state index contributed by atoms with van der Waals surface area (Å²) in [5.41, 5.74) is 9.44. The molecule has 0 radical (unpaired) electrons. The number of allylic oxidation sites excluding steroid dienone is 1. The largest absolute Gasteiger partial charge is 0.385 e. The lowest BCUT2D eigenvalue weighted by Gasteiger charge is -2.27. The van der Waals surface area contributed by atoms with Crippen LogP contribution in [0.25, 0.3) is 0 Å². The zero-order valence-electron chi connectivity index (χ0n) is 12.8. The van der Waals surface area contributed by atoms with Crippen molar-refractivity contribution in [1.29, 1.82) is 0 Å². The number of aromatic nitrogens is 1. The van der Waals surface area contributed by atoms with Crippen LogP contribution in [0.3, 0.4) is 0 Å². The molecule has 0 aliphatic heterocycles. The molecule has 1 aliphatic rings. The van der Waals surface area contributed by atoms with Gasteiger partial charge in [-0.3, -0.25) is 4.98 Å². The fourth-order valence-corrected chi connectivity index (χ4v) is 3.07. The topological polar surface area (TPSA) is 50.9 Å². The minimum atomic E-state index is 0.110. The smallest absolute Gasteiger partial charge is 0.0414 e. The molecule has 1 aromatic heterocycles. The molecule has 0 saturated heterocycles. The molecule has 3 nitrogen and oxygen atoms in total. The molecule has 0 bridgehead atoms. The SMILES string of the molecule is C=C(NC(CCC)CCN)C1(c2cccnc2C)CC1. The minimum Gasteiger partial charge on any atom is -0.385 e. The molecule has 3 heteroatoms. The number of nitrogens with zero attached hydrogens (tertiary/aromatic N) is 1. The van der Waals surface area contributed by atoms with Crippen LogP contribution < -0.4 is 11.1 Å². The van der Waals surface area contributed by atoms with E-state index >= 15 is 0 Å². The quantitative estimate of drug-likeness (QED) is 0.765. The Bertz CT molecular complexity index is 457. The summed E-state index contributed by atoms with van der Waals surface area (Å²) in [6, 6.07) is 4.67. The highest BCUT2D eigenvalue weighted by Crippen LogP contribution is 2.53. The van der Waals surface area contributed by atoms with Gasteiger partial charge in [-0.25, -0.2) is 0 Å². The molecule has 1 fully saturated rings. The third-order valence-electron chi connectivity index (χ3n) is 4.38. The first-order chi connectivity index (χ1) is 9.64. The fourth-order valence-electron chi connectivity index (χ4n) is 3.07. The number of pyridine rings is 1. The molecule has 2 rings (SSSR count). The molecule has 1 aromatic rings. The Balaban J connectivity index is 2.10. The maximum Gasteiger partial charge on any atom is 0.0414 e. The summed E-state index contributed by atoms with van der Waals surface area (Å²) in [7, 11) is 0. The average molecular weight is 273 g/mol. The highest BCUT2D eigenvalue weighted by molar-refractivity contribution is 5.43. The van der Waals surface area contributed by atoms with Gasteiger partial charge in [-0.1, -0.05) is 26.0 Å². The van der Waals surface area contributed by atoms with Gasteiger partial charge in [0.1, 0.15) is 0 Å². The van der Waals surface area contributed by atoms with Gasteiger partial charge in [-0.15, -0.1) is 0 Å². The molecule has 110 valence electrons. The molecular formula is C17H27N3. The molecule has 3 N–H and O–H groups in total. The van der Waals surface area contributed by atoms with E-state index in [0.29, 0.717) is 6.04 Å². The summed E-state index contributed by atoms with van der Waals surface area (Å²) < 4.78 is 0. The van der Waals surface area contributed by atoms with Crippen molar-refractivity contribution in [1.82, 2.24) is 10.3 Å². The van der Waals surface area contributed by atoms with Gasteiger partial charge in [0, 0.05) is 29.0 Å². The lowest BCUT2D eigenvalue weighted by atomic mass is 9.91. The van der Waals surface area contributed by atoms with E-state index in [-0.39, 0.29) is 5.41 Å². The molecule has 1 aliphatic carbocycles. The Labute approximate surface area is 122 Å². The number of hydrogen-bond donors (Lipinski definition) is 2. The Kier molecular flexibility index (Phi) is 4.81. The van der Waals surface area contributed by atoms with Gasteiger partial charge in [0.15, 0.2) is 0 Å². The van der Waals surface area contributed by atoms with E-state index in [0.717, 1.165) is 30.8 Å². The molecule has 0 spiro atoms. The maximum absolute atomic E-state index is 5.72. The zero-order valence-corrected chi connectivity index (χ0v) is 12.8. The van der Waals surface area contributed by atoms with E-state index in [1.54, 1.807) is 0 Å². The Morgan fingerprint density at radius 2 is 2.25 bits per heavy atom. The van der Waals surface area contributed by atoms with E-state index in [1.165, 1.54) is 24.8 Å². The zero-order chi connectivity index (χ0) is 14.6. The first kappa shape index (κ1) is 15.0. The molecule has 1 saturated carbocycles. The summed E-state index contributed by atoms with van der Waals surface area (Å²) in [5, 5.41) is 3.65. The number of nitrogens with one attached hydrogen (secondary N) is 1. The Morgan fingerprint density at radius 3 is 2.80 bits per heavy atom. The van der Waals surface area contributed by atoms with E-state index in [4.69, 9.17) is 5.73 Å². The highest BCUT2D eigenvalue weighted by atomic mass is 15.0. The van der Waals surface area contributed by atoms with Crippen molar-refractivity contribution in [3.63, 3.8) is 0 Å². The van der Waals surface area contributed by atoms with Gasteiger partial charge >= 0.3 is 0 Å². The van der Waals surface area contributed by atoms with Crippen molar-refractivity contribution in [3.8, 4) is 0 Å². The van der Waals surface area contributed by atoms with Crippen LogP contribution in [0.1, 0.15) is 50.3 Å². The van der Waals surface area contributed by atoms with Crippen LogP contribution in [0, 0.1) is 6.92 Å². The van der Waals surface area contributed by atoms with Crippen LogP contribution in [0.15, 0.2) is 30.6 Å². The minimum absolute atomic E-state index is 0.110. The van der Waals surface area contributed by atoms with E-state index < -0.39 is 0 Å². The molecule has 0 amide bonds. The van der Waals surface area contributed by atoms with Crippen molar-refractivity contribution in [2.75, 3.05) is 6.54 Å². The van der Waals surface area contributed by atoms with Crippen molar-refractivity contribution < 1.29 is 0 Å². The molecule has 1 atom stereocenters. The van der Waals surface area contributed by atoms with Gasteiger partial charge in [-0.2, -0.15) is 0 Å². The second-order valence-corrected chi connectivity index (χ2v) is 5.90. The first-order valence-corrected chi connectivity index (χ1v) is 7.72. The van der Waals surface area contributed by atoms with Crippen LogP contribution in [0.2, 0.25) is 0 Å². The van der Waals surface area contributed by atoms with E-state index in [1.807, 2.05) is 12.3 Å². The van der Waals surface area contributed by atoms with Crippen molar-refractivity contribution in [3.05, 3.63) is 41.9 Å². The first-order valence-electron chi connectivity index (χ1n) is 7.72. The van der Waals surface area contributed by atoms with Crippen molar-refractivity contribution in [2.24, 2.45) is 5.73 Å². The lowest BCUT2D eigenvalue weighted by molar-refractivity contribution is 0.472. The van der Waals surface area contributed by atoms with Gasteiger partial charge in [0.05, 0.1) is 0 Å².